The molecule has 0 aromatic carbocycles. The van der Waals surface area contributed by atoms with Gasteiger partial charge in [-0.15, -0.1) is 0 Å². The molecule has 1 nitrogen and oxygen atoms in total. The van der Waals surface area contributed by atoms with Crippen LogP contribution in [0, 0.1) is 0 Å². The van der Waals surface area contributed by atoms with Crippen molar-refractivity contribution in [2.75, 3.05) is 0 Å². The van der Waals surface area contributed by atoms with Crippen molar-refractivity contribution in [3.8, 4) is 0 Å². The van der Waals surface area contributed by atoms with Crippen molar-refractivity contribution in [2.45, 2.75) is 34.6 Å². The van der Waals surface area contributed by atoms with Gasteiger partial charge in [0, 0.05) is 11.4 Å². The van der Waals surface area contributed by atoms with Gasteiger partial charge in [-0.1, -0.05) is 77.8 Å². The fourth-order valence-electron chi connectivity index (χ4n) is 0.965. The molecule has 0 saturated carbocycles. The highest BCUT2D eigenvalue weighted by atomic mass is 14.9. The summed E-state index contributed by atoms with van der Waals surface area (Å²) in [6.07, 6.45) is 16.8. The maximum Gasteiger partial charge on any atom is 0.0384 e. The molecule has 0 aromatic heterocycles. The third-order valence-electron chi connectivity index (χ3n) is 1.69. The van der Waals surface area contributed by atoms with Gasteiger partial charge in [-0.3, -0.25) is 0 Å². The summed E-state index contributed by atoms with van der Waals surface area (Å²) < 4.78 is 0. The van der Waals surface area contributed by atoms with Gasteiger partial charge in [-0.2, -0.15) is 0 Å². The molecule has 0 heterocycles. The minimum atomic E-state index is 0.902. The Balaban J connectivity index is -0.000000656. The van der Waals surface area contributed by atoms with Gasteiger partial charge < -0.3 is 5.32 Å². The summed E-state index contributed by atoms with van der Waals surface area (Å²) in [7, 11) is 0. The Labute approximate surface area is 126 Å². The van der Waals surface area contributed by atoms with Crippen LogP contribution in [0.5, 0.6) is 0 Å². The summed E-state index contributed by atoms with van der Waals surface area (Å²) in [4.78, 5) is 0. The van der Waals surface area contributed by atoms with Crippen LogP contribution < -0.4 is 5.32 Å². The average molecular weight is 273 g/mol. The molecular weight excluding hydrogens is 242 g/mol. The maximum atomic E-state index is 3.73. The number of hydrogen-bond acceptors (Lipinski definition) is 1. The maximum absolute atomic E-state index is 3.73. The molecule has 0 saturated heterocycles. The zero-order valence-corrected chi connectivity index (χ0v) is 13.8. The molecule has 0 atom stereocenters. The van der Waals surface area contributed by atoms with E-state index in [-0.39, 0.29) is 0 Å². The van der Waals surface area contributed by atoms with E-state index in [1.165, 1.54) is 0 Å². The first-order valence-electron chi connectivity index (χ1n) is 7.12. The molecule has 0 aliphatic carbocycles. The zero-order chi connectivity index (χ0) is 16.2. The van der Waals surface area contributed by atoms with Gasteiger partial charge >= 0.3 is 0 Å². The summed E-state index contributed by atoms with van der Waals surface area (Å²) in [5.41, 5.74) is 1.87. The molecule has 112 valence electrons. The van der Waals surface area contributed by atoms with E-state index in [0.29, 0.717) is 0 Å². The summed E-state index contributed by atoms with van der Waals surface area (Å²) >= 11 is 0. The lowest BCUT2D eigenvalue weighted by Crippen LogP contribution is -2.09. The topological polar surface area (TPSA) is 12.0 Å². The fourth-order valence-corrected chi connectivity index (χ4v) is 0.965. The molecule has 20 heavy (non-hydrogen) atoms. The van der Waals surface area contributed by atoms with Crippen LogP contribution in [-0.2, 0) is 0 Å². The zero-order valence-electron chi connectivity index (χ0n) is 13.8. The minimum Gasteiger partial charge on any atom is -0.356 e. The Kier molecular flexibility index (Phi) is 25.6. The Morgan fingerprint density at radius 3 is 1.80 bits per heavy atom. The molecule has 0 fully saturated rings. The second-order valence-corrected chi connectivity index (χ2v) is 2.93. The third kappa shape index (κ3) is 16.0. The van der Waals surface area contributed by atoms with E-state index in [9.17, 15) is 0 Å². The van der Waals surface area contributed by atoms with Gasteiger partial charge in [-0.05, 0) is 31.2 Å². The molecule has 0 aliphatic heterocycles. The molecular formula is C19H31N. The average Bonchev–Trinajstić information content (AvgIpc) is 2.53. The van der Waals surface area contributed by atoms with E-state index >= 15 is 0 Å². The SMILES string of the molecule is C=C\C=C/C(=C\C=C/C)N/C(C=C)=C/C=C.CC.CC. The van der Waals surface area contributed by atoms with E-state index in [1.54, 1.807) is 18.2 Å². The number of allylic oxidation sites excluding steroid dienone is 9. The van der Waals surface area contributed by atoms with Gasteiger partial charge in [0.15, 0.2) is 0 Å². The monoisotopic (exact) mass is 273 g/mol. The van der Waals surface area contributed by atoms with E-state index in [0.717, 1.165) is 11.4 Å². The second-order valence-electron chi connectivity index (χ2n) is 2.93. The Bertz CT molecular complexity index is 352. The summed E-state index contributed by atoms with van der Waals surface area (Å²) in [6.45, 7) is 21.0. The largest absolute Gasteiger partial charge is 0.356 e. The van der Waals surface area contributed by atoms with E-state index in [1.807, 2.05) is 71.1 Å². The van der Waals surface area contributed by atoms with E-state index in [2.05, 4.69) is 25.1 Å². The minimum absolute atomic E-state index is 0.902. The van der Waals surface area contributed by atoms with Crippen LogP contribution in [-0.4, -0.2) is 0 Å². The van der Waals surface area contributed by atoms with E-state index < -0.39 is 0 Å². The molecule has 0 unspecified atom stereocenters. The highest BCUT2D eigenvalue weighted by Gasteiger charge is 1.91. The molecule has 0 bridgehead atoms. The molecule has 0 rings (SSSR count). The van der Waals surface area contributed by atoms with Crippen molar-refractivity contribution in [2.24, 2.45) is 0 Å². The Morgan fingerprint density at radius 1 is 0.800 bits per heavy atom. The summed E-state index contributed by atoms with van der Waals surface area (Å²) in [5, 5.41) is 3.22. The van der Waals surface area contributed by atoms with Crippen LogP contribution >= 0.6 is 0 Å². The predicted octanol–water partition coefficient (Wildman–Crippen LogP) is 6.09. The van der Waals surface area contributed by atoms with Crippen molar-refractivity contribution < 1.29 is 0 Å². The summed E-state index contributed by atoms with van der Waals surface area (Å²) in [6, 6.07) is 0. The van der Waals surface area contributed by atoms with Gasteiger partial charge in [0.25, 0.3) is 0 Å². The van der Waals surface area contributed by atoms with Gasteiger partial charge in [0.2, 0.25) is 0 Å². The molecule has 0 spiro atoms. The first-order chi connectivity index (χ1) is 9.78. The van der Waals surface area contributed by atoms with Crippen molar-refractivity contribution >= 4 is 0 Å². The van der Waals surface area contributed by atoms with Gasteiger partial charge in [-0.25, -0.2) is 0 Å². The quantitative estimate of drug-likeness (QED) is 0.554. The van der Waals surface area contributed by atoms with Crippen molar-refractivity contribution in [3.05, 3.63) is 85.8 Å². The molecule has 1 heteroatoms. The Morgan fingerprint density at radius 2 is 1.40 bits per heavy atom. The first kappa shape index (κ1) is 23.1. The van der Waals surface area contributed by atoms with E-state index in [4.69, 9.17) is 0 Å². The lowest BCUT2D eigenvalue weighted by molar-refractivity contribution is 1.05. The lowest BCUT2D eigenvalue weighted by atomic mass is 10.3. The van der Waals surface area contributed by atoms with Crippen molar-refractivity contribution in [3.63, 3.8) is 0 Å². The van der Waals surface area contributed by atoms with Crippen molar-refractivity contribution in [1.29, 1.82) is 0 Å². The highest BCUT2D eigenvalue weighted by Crippen LogP contribution is 2.00. The standard InChI is InChI=1S/C15H19N.2C2H6/c1-5-9-12-15(13-10-6-2)16-14(8-4)11-7-3;2*1-2/h5-13,16H,1,3-4H2,2H3;2*1-2H3/b10-6-,12-9-,14-11+,15-13+;;. The number of hydrogen-bond donors (Lipinski definition) is 1. The number of nitrogens with one attached hydrogen (secondary N) is 1. The van der Waals surface area contributed by atoms with Gasteiger partial charge in [0.1, 0.15) is 0 Å². The van der Waals surface area contributed by atoms with Crippen molar-refractivity contribution in [1.82, 2.24) is 5.32 Å². The van der Waals surface area contributed by atoms with Crippen LogP contribution in [0.15, 0.2) is 85.8 Å². The third-order valence-corrected chi connectivity index (χ3v) is 1.69. The second kappa shape index (κ2) is 22.2. The summed E-state index contributed by atoms with van der Waals surface area (Å²) in [5.74, 6) is 0. The first-order valence-corrected chi connectivity index (χ1v) is 7.12. The molecule has 0 amide bonds. The van der Waals surface area contributed by atoms with Gasteiger partial charge in [0.05, 0.1) is 0 Å². The van der Waals surface area contributed by atoms with Crippen LogP contribution in [0.1, 0.15) is 34.6 Å². The predicted molar refractivity (Wildman–Crippen MR) is 96.5 cm³/mol. The van der Waals surface area contributed by atoms with Crippen LogP contribution in [0.4, 0.5) is 0 Å². The number of rotatable bonds is 7. The van der Waals surface area contributed by atoms with Crippen LogP contribution in [0.2, 0.25) is 0 Å². The molecule has 0 radical (unpaired) electrons. The van der Waals surface area contributed by atoms with Crippen LogP contribution in [0.3, 0.4) is 0 Å². The molecule has 0 aromatic rings. The fraction of sp³-hybridized carbons (Fsp3) is 0.263. The smallest absolute Gasteiger partial charge is 0.0384 e. The lowest BCUT2D eigenvalue weighted by Gasteiger charge is -2.06. The Hall–Kier alpha value is -2.02. The molecule has 1 N–H and O–H groups in total. The molecule has 0 aliphatic rings. The normalized spacial score (nSPS) is 11.1. The highest BCUT2D eigenvalue weighted by molar-refractivity contribution is 5.31. The van der Waals surface area contributed by atoms with Crippen LogP contribution in [0.25, 0.3) is 0 Å².